The third-order valence-corrected chi connectivity index (χ3v) is 7.14. The second-order valence-electron chi connectivity index (χ2n) is 9.78. The monoisotopic (exact) mass is 499 g/mol. The van der Waals surface area contributed by atoms with Gasteiger partial charge in [-0.2, -0.15) is 13.2 Å². The van der Waals surface area contributed by atoms with Crippen LogP contribution in [-0.4, -0.2) is 70.9 Å². The lowest BCUT2D eigenvalue weighted by molar-refractivity contribution is -0.155. The average molecular weight is 500 g/mol. The van der Waals surface area contributed by atoms with Gasteiger partial charge in [-0.15, -0.1) is 6.42 Å². The molecule has 0 spiro atoms. The van der Waals surface area contributed by atoms with E-state index in [1.165, 1.54) is 4.90 Å². The Hall–Kier alpha value is -3.09. The molecular formula is C27H29F4N5. The molecule has 0 amide bonds. The van der Waals surface area contributed by atoms with Crippen molar-refractivity contribution in [2.45, 2.75) is 44.1 Å². The fourth-order valence-corrected chi connectivity index (χ4v) is 5.43. The predicted molar refractivity (Wildman–Crippen MR) is 133 cm³/mol. The molecular weight excluding hydrogens is 470 g/mol. The Balaban J connectivity index is 1.44. The van der Waals surface area contributed by atoms with Gasteiger partial charge >= 0.3 is 6.18 Å². The number of rotatable bonds is 7. The van der Waals surface area contributed by atoms with Crippen molar-refractivity contribution < 1.29 is 17.6 Å². The lowest BCUT2D eigenvalue weighted by atomic mass is 9.90. The van der Waals surface area contributed by atoms with Gasteiger partial charge in [-0.3, -0.25) is 19.2 Å². The molecule has 0 aliphatic carbocycles. The molecule has 4 heterocycles. The number of anilines is 1. The van der Waals surface area contributed by atoms with Crippen LogP contribution in [0, 0.1) is 12.3 Å². The van der Waals surface area contributed by atoms with Gasteiger partial charge < -0.3 is 10.3 Å². The molecule has 0 bridgehead atoms. The van der Waals surface area contributed by atoms with E-state index < -0.39 is 18.8 Å². The Bertz CT molecular complexity index is 1250. The number of halogens is 4. The van der Waals surface area contributed by atoms with Gasteiger partial charge in [0, 0.05) is 47.8 Å². The minimum Gasteiger partial charge on any atom is -0.378 e. The van der Waals surface area contributed by atoms with Crippen molar-refractivity contribution >= 4 is 16.6 Å². The van der Waals surface area contributed by atoms with E-state index in [2.05, 4.69) is 26.1 Å². The number of fused-ring (bicyclic) bond motifs is 3. The van der Waals surface area contributed by atoms with Crippen LogP contribution in [0.3, 0.4) is 0 Å². The number of alkyl halides is 4. The van der Waals surface area contributed by atoms with E-state index in [-0.39, 0.29) is 18.8 Å². The van der Waals surface area contributed by atoms with E-state index in [0.29, 0.717) is 18.5 Å². The molecule has 2 atom stereocenters. The summed E-state index contributed by atoms with van der Waals surface area (Å²) in [5, 5.41) is 4.36. The van der Waals surface area contributed by atoms with Gasteiger partial charge in [0.2, 0.25) is 0 Å². The average Bonchev–Trinajstić information content (AvgIpc) is 3.17. The molecule has 9 heteroatoms. The Morgan fingerprint density at radius 3 is 2.69 bits per heavy atom. The molecule has 5 nitrogen and oxygen atoms in total. The van der Waals surface area contributed by atoms with E-state index in [1.54, 1.807) is 12.3 Å². The number of hydrogen-bond acceptors (Lipinski definition) is 4. The molecule has 2 aliphatic rings. The highest BCUT2D eigenvalue weighted by molar-refractivity contribution is 5.86. The van der Waals surface area contributed by atoms with Crippen LogP contribution in [0.15, 0.2) is 36.5 Å². The number of aromatic nitrogens is 2. The van der Waals surface area contributed by atoms with E-state index in [0.717, 1.165) is 53.0 Å². The summed E-state index contributed by atoms with van der Waals surface area (Å²) in [5.74, 6) is 2.64. The van der Waals surface area contributed by atoms with Gasteiger partial charge in [-0.25, -0.2) is 0 Å². The molecule has 2 N–H and O–H groups in total. The molecule has 2 aliphatic heterocycles. The van der Waals surface area contributed by atoms with Crippen molar-refractivity contribution in [2.24, 2.45) is 0 Å². The number of terminal acetylenes is 1. The van der Waals surface area contributed by atoms with Gasteiger partial charge in [0.1, 0.15) is 0 Å². The summed E-state index contributed by atoms with van der Waals surface area (Å²) in [5.41, 5.74) is 4.68. The molecule has 36 heavy (non-hydrogen) atoms. The maximum atomic E-state index is 13.6. The van der Waals surface area contributed by atoms with E-state index in [4.69, 9.17) is 6.42 Å². The standard InChI is InChI=1S/C27H29F4N5/c1-3-18-5-7-23-21(12-18)22-11-17(2)36(16-27(29,30)31)26(25(22)34-23)24-8-6-19(13-32-24)33-20-14-35(15-20)10-4-9-28/h1,5-8,12-13,17,20,26,33-34H,4,9-11,14-16H2,2H3/t17-,26-/m1/s1. The highest BCUT2D eigenvalue weighted by Gasteiger charge is 2.42. The minimum absolute atomic E-state index is 0.249. The summed E-state index contributed by atoms with van der Waals surface area (Å²) in [7, 11) is 0. The molecule has 1 saturated heterocycles. The van der Waals surface area contributed by atoms with Crippen LogP contribution in [0.25, 0.3) is 10.9 Å². The second-order valence-corrected chi connectivity index (χ2v) is 9.78. The quantitative estimate of drug-likeness (QED) is 0.359. The van der Waals surface area contributed by atoms with Gasteiger partial charge in [0.15, 0.2) is 0 Å². The van der Waals surface area contributed by atoms with Gasteiger partial charge in [0.25, 0.3) is 0 Å². The van der Waals surface area contributed by atoms with Crippen molar-refractivity contribution in [3.8, 4) is 12.3 Å². The highest BCUT2D eigenvalue weighted by Crippen LogP contribution is 2.41. The maximum absolute atomic E-state index is 13.6. The number of likely N-dealkylation sites (tertiary alicyclic amines) is 1. The Kier molecular flexibility index (Phi) is 6.66. The third kappa shape index (κ3) is 4.93. The first-order valence-corrected chi connectivity index (χ1v) is 12.2. The summed E-state index contributed by atoms with van der Waals surface area (Å²) in [6.07, 6.45) is 3.95. The summed E-state index contributed by atoms with van der Waals surface area (Å²) in [6, 6.07) is 8.54. The van der Waals surface area contributed by atoms with Crippen LogP contribution in [0.2, 0.25) is 0 Å². The minimum atomic E-state index is -4.34. The Morgan fingerprint density at radius 1 is 1.22 bits per heavy atom. The molecule has 5 rings (SSSR count). The fourth-order valence-electron chi connectivity index (χ4n) is 5.43. The zero-order valence-electron chi connectivity index (χ0n) is 20.1. The van der Waals surface area contributed by atoms with Crippen molar-refractivity contribution in [2.75, 3.05) is 38.2 Å². The van der Waals surface area contributed by atoms with Crippen LogP contribution in [-0.2, 0) is 6.42 Å². The van der Waals surface area contributed by atoms with Crippen LogP contribution in [0.5, 0.6) is 0 Å². The first kappa shape index (κ1) is 24.6. The summed E-state index contributed by atoms with van der Waals surface area (Å²) in [4.78, 5) is 11.6. The SMILES string of the molecule is C#Cc1ccc2[nH]c3c(c2c1)C[C@@H](C)N(CC(F)(F)F)[C@@H]3c1ccc(NC2CN(CCCF)C2)cn1. The predicted octanol–water partition coefficient (Wildman–Crippen LogP) is 4.90. The number of nitrogens with one attached hydrogen (secondary N) is 2. The molecule has 2 aromatic heterocycles. The molecule has 0 radical (unpaired) electrons. The lowest BCUT2D eigenvalue weighted by Gasteiger charge is -2.41. The van der Waals surface area contributed by atoms with E-state index >= 15 is 0 Å². The number of benzene rings is 1. The molecule has 1 aromatic carbocycles. The Morgan fingerprint density at radius 2 is 2.03 bits per heavy atom. The Labute approximate surface area is 207 Å². The topological polar surface area (TPSA) is 47.2 Å². The van der Waals surface area contributed by atoms with Gasteiger partial charge in [0.05, 0.1) is 42.9 Å². The largest absolute Gasteiger partial charge is 0.401 e. The first-order chi connectivity index (χ1) is 17.3. The van der Waals surface area contributed by atoms with Crippen LogP contribution >= 0.6 is 0 Å². The first-order valence-electron chi connectivity index (χ1n) is 12.2. The normalized spacial score (nSPS) is 21.2. The number of aromatic amines is 1. The van der Waals surface area contributed by atoms with Gasteiger partial charge in [-0.05, 0) is 55.7 Å². The molecule has 3 aromatic rings. The number of H-pyrrole nitrogens is 1. The van der Waals surface area contributed by atoms with E-state index in [1.807, 2.05) is 31.2 Å². The zero-order chi connectivity index (χ0) is 25.4. The smallest absolute Gasteiger partial charge is 0.378 e. The summed E-state index contributed by atoms with van der Waals surface area (Å²) >= 11 is 0. The molecule has 0 unspecified atom stereocenters. The molecule has 190 valence electrons. The van der Waals surface area contributed by atoms with E-state index in [9.17, 15) is 17.6 Å². The summed E-state index contributed by atoms with van der Waals surface area (Å²) < 4.78 is 53.2. The maximum Gasteiger partial charge on any atom is 0.401 e. The second kappa shape index (κ2) is 9.75. The molecule has 0 saturated carbocycles. The molecule has 1 fully saturated rings. The highest BCUT2D eigenvalue weighted by atomic mass is 19.4. The van der Waals surface area contributed by atoms with Crippen LogP contribution in [0.1, 0.15) is 41.9 Å². The number of nitrogens with zero attached hydrogens (tertiary/aromatic N) is 3. The third-order valence-electron chi connectivity index (χ3n) is 7.14. The van der Waals surface area contributed by atoms with Crippen molar-refractivity contribution in [3.05, 3.63) is 59.0 Å². The van der Waals surface area contributed by atoms with Gasteiger partial charge in [-0.1, -0.05) is 5.92 Å². The fraction of sp³-hybridized carbons (Fsp3) is 0.444. The van der Waals surface area contributed by atoms with Crippen molar-refractivity contribution in [1.82, 2.24) is 19.8 Å². The van der Waals surface area contributed by atoms with Crippen molar-refractivity contribution in [3.63, 3.8) is 0 Å². The number of hydrogen-bond donors (Lipinski definition) is 2. The zero-order valence-corrected chi connectivity index (χ0v) is 20.1. The van der Waals surface area contributed by atoms with Crippen LogP contribution in [0.4, 0.5) is 23.2 Å². The van der Waals surface area contributed by atoms with Crippen molar-refractivity contribution in [1.29, 1.82) is 0 Å². The summed E-state index contributed by atoms with van der Waals surface area (Å²) in [6.45, 7) is 2.90. The number of pyridine rings is 1. The lowest BCUT2D eigenvalue weighted by Crippen LogP contribution is -2.54. The van der Waals surface area contributed by atoms with Crippen LogP contribution < -0.4 is 5.32 Å².